The number of hydrogen-bond acceptors (Lipinski definition) is 7. The van der Waals surface area contributed by atoms with E-state index in [2.05, 4.69) is 148 Å². The summed E-state index contributed by atoms with van der Waals surface area (Å²) < 4.78 is 16.1. The van der Waals surface area contributed by atoms with Crippen LogP contribution in [-0.4, -0.2) is 100 Å². The third-order valence-corrected chi connectivity index (χ3v) is 6.71. The van der Waals surface area contributed by atoms with E-state index in [1.807, 2.05) is 14.1 Å². The Kier molecular flexibility index (Phi) is 47.2. The number of ether oxygens (including phenoxy) is 3. The maximum absolute atomic E-state index is 11.4. The Balaban J connectivity index is -0.000000183. The molecule has 0 unspecified atom stereocenters. The fraction of sp³-hybridized carbons (Fsp3) is 0.957. The first-order valence-corrected chi connectivity index (χ1v) is 21.4. The van der Waals surface area contributed by atoms with Gasteiger partial charge in [-0.2, -0.15) is 0 Å². The fourth-order valence-electron chi connectivity index (χ4n) is 4.64. The minimum absolute atomic E-state index is 0.359. The summed E-state index contributed by atoms with van der Waals surface area (Å²) in [5, 5.41) is 0. The second kappa shape index (κ2) is 40.8. The Morgan fingerprint density at radius 1 is 0.415 bits per heavy atom. The predicted molar refractivity (Wildman–Crippen MR) is 235 cm³/mol. The number of carbonyl (C=O) groups is 2. The molecule has 0 aromatic carbocycles. The Morgan fingerprint density at radius 3 is 0.887 bits per heavy atom. The van der Waals surface area contributed by atoms with Crippen LogP contribution >= 0.6 is 0 Å². The Labute approximate surface area is 334 Å². The van der Waals surface area contributed by atoms with Crippen molar-refractivity contribution in [1.29, 1.82) is 0 Å². The molecule has 0 N–H and O–H groups in total. The van der Waals surface area contributed by atoms with Crippen LogP contribution in [0.5, 0.6) is 0 Å². The van der Waals surface area contributed by atoms with E-state index in [4.69, 9.17) is 14.2 Å². The quantitative estimate of drug-likeness (QED) is 0.0970. The first-order chi connectivity index (χ1) is 24.2. The van der Waals surface area contributed by atoms with E-state index in [0.29, 0.717) is 85.2 Å². The van der Waals surface area contributed by atoms with E-state index in [0.717, 1.165) is 51.4 Å². The van der Waals surface area contributed by atoms with Crippen molar-refractivity contribution in [2.45, 2.75) is 176 Å². The zero-order valence-corrected chi connectivity index (χ0v) is 40.2. The molecule has 0 aliphatic carbocycles. The minimum Gasteiger partial charge on any atom is -0.381 e. The van der Waals surface area contributed by atoms with Gasteiger partial charge in [0.1, 0.15) is 11.6 Å². The molecule has 0 radical (unpaired) electrons. The average Bonchev–Trinajstić information content (AvgIpc) is 2.91. The number of carbonyl (C=O) groups excluding carboxylic acids is 2. The Morgan fingerprint density at radius 2 is 0.698 bits per heavy atom. The molecule has 0 saturated carbocycles. The Bertz CT molecular complexity index is 658. The highest BCUT2D eigenvalue weighted by molar-refractivity contribution is 5.80. The number of rotatable bonds is 24. The maximum atomic E-state index is 11.4. The molecule has 324 valence electrons. The molecule has 7 heteroatoms. The summed E-state index contributed by atoms with van der Waals surface area (Å²) in [6, 6.07) is 0. The summed E-state index contributed by atoms with van der Waals surface area (Å²) in [6.45, 7) is 49.7. The van der Waals surface area contributed by atoms with Crippen LogP contribution in [0.25, 0.3) is 0 Å². The van der Waals surface area contributed by atoms with Crippen LogP contribution in [0.2, 0.25) is 0 Å². The van der Waals surface area contributed by atoms with Gasteiger partial charge in [0.15, 0.2) is 0 Å². The van der Waals surface area contributed by atoms with Gasteiger partial charge in [-0.25, -0.2) is 0 Å². The van der Waals surface area contributed by atoms with Crippen LogP contribution in [0.4, 0.5) is 0 Å². The topological polar surface area (TPSA) is 68.3 Å². The van der Waals surface area contributed by atoms with Crippen LogP contribution in [0.1, 0.15) is 164 Å². The highest BCUT2D eigenvalue weighted by atomic mass is 16.5. The zero-order valence-electron chi connectivity index (χ0n) is 40.2. The molecule has 7 nitrogen and oxygen atoms in total. The van der Waals surface area contributed by atoms with Crippen molar-refractivity contribution in [3.05, 3.63) is 0 Å². The highest BCUT2D eigenvalue weighted by Gasteiger charge is 2.10. The third-order valence-electron chi connectivity index (χ3n) is 6.71. The smallest absolute Gasteiger partial charge is 0.147 e. The number of hydrogen-bond donors (Lipinski definition) is 0. The first-order valence-electron chi connectivity index (χ1n) is 21.4. The zero-order chi connectivity index (χ0) is 42.7. The molecule has 0 aromatic rings. The van der Waals surface area contributed by atoms with Gasteiger partial charge in [-0.3, -0.25) is 19.4 Å². The van der Waals surface area contributed by atoms with Crippen molar-refractivity contribution in [1.82, 2.24) is 9.80 Å². The van der Waals surface area contributed by atoms with Gasteiger partial charge in [0.05, 0.1) is 25.3 Å². The monoisotopic (exact) mass is 761 g/mol. The van der Waals surface area contributed by atoms with Crippen molar-refractivity contribution in [2.24, 2.45) is 47.3 Å². The molecule has 53 heavy (non-hydrogen) atoms. The third kappa shape index (κ3) is 73.0. The van der Waals surface area contributed by atoms with Crippen molar-refractivity contribution in [2.75, 3.05) is 66.7 Å². The Hall–Kier alpha value is -0.860. The molecule has 0 fully saturated rings. The number of ketones is 2. The number of likely N-dealkylation sites (N-methyl/N-ethyl adjacent to an activating group) is 2. The number of nitrogens with zero attached hydrogens (tertiary/aromatic N) is 2. The van der Waals surface area contributed by atoms with Crippen molar-refractivity contribution in [3.8, 4) is 0 Å². The normalized spacial score (nSPS) is 11.5. The second-order valence-corrected chi connectivity index (χ2v) is 19.0. The molecule has 0 heterocycles. The van der Waals surface area contributed by atoms with Crippen molar-refractivity contribution in [3.63, 3.8) is 0 Å². The molecule has 0 aromatic heterocycles. The lowest BCUT2D eigenvalue weighted by atomic mass is 10.1. The van der Waals surface area contributed by atoms with Crippen molar-refractivity contribution >= 4 is 11.6 Å². The summed E-state index contributed by atoms with van der Waals surface area (Å²) in [5.41, 5.74) is 0. The average molecular weight is 761 g/mol. The fourth-order valence-corrected chi connectivity index (χ4v) is 4.64. The maximum Gasteiger partial charge on any atom is 0.147 e. The van der Waals surface area contributed by atoms with Gasteiger partial charge in [-0.15, -0.1) is 0 Å². The predicted octanol–water partition coefficient (Wildman–Crippen LogP) is 11.6. The molecule has 0 aliphatic heterocycles. The molecular formula is C46H100N2O5. The van der Waals surface area contributed by atoms with E-state index < -0.39 is 0 Å². The minimum atomic E-state index is 0.359. The second-order valence-electron chi connectivity index (χ2n) is 19.0. The first kappa shape index (κ1) is 61.4. The van der Waals surface area contributed by atoms with Gasteiger partial charge < -0.3 is 14.2 Å². The van der Waals surface area contributed by atoms with Gasteiger partial charge in [0.25, 0.3) is 0 Å². The van der Waals surface area contributed by atoms with E-state index in [-0.39, 0.29) is 0 Å². The molecular weight excluding hydrogens is 661 g/mol. The highest BCUT2D eigenvalue weighted by Crippen LogP contribution is 2.04. The van der Waals surface area contributed by atoms with Crippen LogP contribution < -0.4 is 0 Å². The lowest BCUT2D eigenvalue weighted by Gasteiger charge is -2.18. The SMILES string of the molecule is CC(C)CC(=O)CN(C)CC(C)C.CC(C)CC(=O)CN(C)CC(C)C.CC(C)CCOC(C)C.CC(C)CCOC(C)C.CC(C)COCC(C)C. The van der Waals surface area contributed by atoms with Gasteiger partial charge >= 0.3 is 0 Å². The van der Waals surface area contributed by atoms with Gasteiger partial charge in [0.2, 0.25) is 0 Å². The molecule has 0 saturated heterocycles. The van der Waals surface area contributed by atoms with E-state index >= 15 is 0 Å². The van der Waals surface area contributed by atoms with E-state index in [1.54, 1.807) is 0 Å². The molecule has 0 aliphatic rings. The van der Waals surface area contributed by atoms with Crippen LogP contribution in [0.3, 0.4) is 0 Å². The summed E-state index contributed by atoms with van der Waals surface area (Å²) in [6.07, 6.45) is 4.56. The lowest BCUT2D eigenvalue weighted by Crippen LogP contribution is -2.29. The van der Waals surface area contributed by atoms with E-state index in [1.165, 1.54) is 12.8 Å². The largest absolute Gasteiger partial charge is 0.381 e. The molecule has 0 amide bonds. The van der Waals surface area contributed by atoms with Crippen LogP contribution in [0.15, 0.2) is 0 Å². The van der Waals surface area contributed by atoms with Crippen LogP contribution in [-0.2, 0) is 23.8 Å². The molecule has 0 bridgehead atoms. The summed E-state index contributed by atoms with van der Waals surface area (Å²) in [7, 11) is 4.02. The van der Waals surface area contributed by atoms with Gasteiger partial charge in [0, 0.05) is 52.4 Å². The van der Waals surface area contributed by atoms with Crippen molar-refractivity contribution < 1.29 is 23.8 Å². The standard InChI is InChI=1S/2C11H23NO.3C8H18O/c2*1-9(2)6-11(13)8-12(5)7-10(3)4;1-7(2)5-9-6-8(3)4;2*1-7(2)5-6-9-8(3)4/h2*9-10H,6-8H2,1-5H3;3*7-8H,5-6H2,1-4H3. The summed E-state index contributed by atoms with van der Waals surface area (Å²) in [4.78, 5) is 27.0. The lowest BCUT2D eigenvalue weighted by molar-refractivity contribution is -0.121. The molecule has 0 rings (SSSR count). The molecule has 0 spiro atoms. The summed E-state index contributed by atoms with van der Waals surface area (Å²) >= 11 is 0. The molecule has 0 atom stereocenters. The van der Waals surface area contributed by atoms with E-state index in [9.17, 15) is 9.59 Å². The van der Waals surface area contributed by atoms with Gasteiger partial charge in [-0.05, 0) is 102 Å². The number of Topliss-reactive ketones (excluding diaryl/α,β-unsaturated/α-hetero) is 2. The van der Waals surface area contributed by atoms with Crippen LogP contribution in [0, 0.1) is 47.3 Å². The summed E-state index contributed by atoms with van der Waals surface area (Å²) in [5.74, 6) is 5.84. The van der Waals surface area contributed by atoms with Gasteiger partial charge in [-0.1, -0.05) is 111 Å².